The lowest BCUT2D eigenvalue weighted by molar-refractivity contribution is -0.120. The lowest BCUT2D eigenvalue weighted by Crippen LogP contribution is -2.49. The highest BCUT2D eigenvalue weighted by Gasteiger charge is 2.33. The van der Waals surface area contributed by atoms with Crippen molar-refractivity contribution >= 4 is 17.6 Å². The SMILES string of the molecule is C#Cc1ccc2c(n1)N(C)C(=O)[C@@H](NC(=O)c1nn(Cc3ccc(C)cc3)cc1F)CO2. The molecule has 0 spiro atoms. The van der Waals surface area contributed by atoms with E-state index in [9.17, 15) is 14.0 Å². The molecule has 0 fully saturated rings. The van der Waals surface area contributed by atoms with E-state index in [0.29, 0.717) is 18.0 Å². The molecule has 9 heteroatoms. The fraction of sp³-hybridized carbons (Fsp3) is 0.217. The van der Waals surface area contributed by atoms with Gasteiger partial charge in [-0.1, -0.05) is 35.7 Å². The Labute approximate surface area is 184 Å². The first-order chi connectivity index (χ1) is 15.4. The van der Waals surface area contributed by atoms with E-state index in [1.807, 2.05) is 31.2 Å². The molecule has 1 aromatic carbocycles. The summed E-state index contributed by atoms with van der Waals surface area (Å²) < 4.78 is 21.4. The summed E-state index contributed by atoms with van der Waals surface area (Å²) in [5.74, 6) is 0.924. The number of hydrogen-bond donors (Lipinski definition) is 1. The molecule has 0 saturated heterocycles. The quantitative estimate of drug-likeness (QED) is 0.635. The van der Waals surface area contributed by atoms with Gasteiger partial charge in [0.2, 0.25) is 0 Å². The summed E-state index contributed by atoms with van der Waals surface area (Å²) in [4.78, 5) is 31.0. The zero-order valence-corrected chi connectivity index (χ0v) is 17.5. The predicted molar refractivity (Wildman–Crippen MR) is 115 cm³/mol. The van der Waals surface area contributed by atoms with E-state index in [0.717, 1.165) is 17.3 Å². The van der Waals surface area contributed by atoms with Crippen LogP contribution < -0.4 is 15.0 Å². The van der Waals surface area contributed by atoms with Crippen molar-refractivity contribution in [1.29, 1.82) is 0 Å². The van der Waals surface area contributed by atoms with E-state index in [-0.39, 0.29) is 12.4 Å². The van der Waals surface area contributed by atoms with Crippen LogP contribution in [0, 0.1) is 25.1 Å². The zero-order chi connectivity index (χ0) is 22.8. The predicted octanol–water partition coefficient (Wildman–Crippen LogP) is 1.91. The van der Waals surface area contributed by atoms with Gasteiger partial charge in [0, 0.05) is 7.05 Å². The summed E-state index contributed by atoms with van der Waals surface area (Å²) in [6.45, 7) is 2.13. The van der Waals surface area contributed by atoms with Gasteiger partial charge in [0.25, 0.3) is 11.8 Å². The van der Waals surface area contributed by atoms with Crippen molar-refractivity contribution < 1.29 is 18.7 Å². The van der Waals surface area contributed by atoms with Crippen molar-refractivity contribution in [3.8, 4) is 18.1 Å². The topological polar surface area (TPSA) is 89.4 Å². The van der Waals surface area contributed by atoms with Crippen LogP contribution in [-0.2, 0) is 11.3 Å². The van der Waals surface area contributed by atoms with Gasteiger partial charge in [-0.25, -0.2) is 9.37 Å². The van der Waals surface area contributed by atoms with Gasteiger partial charge in [-0.15, -0.1) is 6.42 Å². The number of aromatic nitrogens is 3. The molecule has 162 valence electrons. The molecule has 3 aromatic rings. The lowest BCUT2D eigenvalue weighted by atomic mass is 10.1. The Kier molecular flexibility index (Phi) is 5.60. The second-order valence-electron chi connectivity index (χ2n) is 7.41. The van der Waals surface area contributed by atoms with Crippen molar-refractivity contribution in [1.82, 2.24) is 20.1 Å². The summed E-state index contributed by atoms with van der Waals surface area (Å²) in [6.07, 6.45) is 6.52. The van der Waals surface area contributed by atoms with Gasteiger partial charge >= 0.3 is 0 Å². The van der Waals surface area contributed by atoms with Crippen LogP contribution in [0.5, 0.6) is 5.75 Å². The number of likely N-dealkylation sites (N-methyl/N-ethyl adjacent to an activating group) is 1. The van der Waals surface area contributed by atoms with Crippen molar-refractivity contribution in [2.45, 2.75) is 19.5 Å². The minimum absolute atomic E-state index is 0.148. The number of aryl methyl sites for hydroxylation is 1. The largest absolute Gasteiger partial charge is 0.487 e. The maximum absolute atomic E-state index is 14.4. The van der Waals surface area contributed by atoms with Gasteiger partial charge in [0.15, 0.2) is 23.1 Å². The number of amides is 2. The lowest BCUT2D eigenvalue weighted by Gasteiger charge is -2.19. The third kappa shape index (κ3) is 4.16. The van der Waals surface area contributed by atoms with Crippen molar-refractivity contribution in [2.24, 2.45) is 0 Å². The van der Waals surface area contributed by atoms with E-state index in [1.54, 1.807) is 12.1 Å². The smallest absolute Gasteiger partial charge is 0.275 e. The maximum atomic E-state index is 14.4. The molecular weight excluding hydrogens is 413 g/mol. The van der Waals surface area contributed by atoms with Crippen molar-refractivity contribution in [3.05, 3.63) is 70.9 Å². The van der Waals surface area contributed by atoms with E-state index < -0.39 is 29.4 Å². The average molecular weight is 433 g/mol. The molecule has 0 saturated carbocycles. The van der Waals surface area contributed by atoms with E-state index in [1.165, 1.54) is 16.6 Å². The summed E-state index contributed by atoms with van der Waals surface area (Å²) in [7, 11) is 1.50. The normalized spacial score (nSPS) is 15.4. The Bertz CT molecular complexity index is 1230. The van der Waals surface area contributed by atoms with Crippen LogP contribution in [0.3, 0.4) is 0 Å². The minimum atomic E-state index is -1.06. The second-order valence-corrected chi connectivity index (χ2v) is 7.41. The molecular formula is C23H20FN5O3. The van der Waals surface area contributed by atoms with E-state index in [2.05, 4.69) is 21.3 Å². The third-order valence-corrected chi connectivity index (χ3v) is 5.04. The zero-order valence-electron chi connectivity index (χ0n) is 17.5. The molecule has 0 bridgehead atoms. The summed E-state index contributed by atoms with van der Waals surface area (Å²) in [5.41, 5.74) is 1.96. The molecule has 2 amide bonds. The summed E-state index contributed by atoms with van der Waals surface area (Å²) in [5, 5.41) is 6.56. The maximum Gasteiger partial charge on any atom is 0.275 e. The van der Waals surface area contributed by atoms with Crippen LogP contribution in [-0.4, -0.2) is 46.3 Å². The molecule has 0 radical (unpaired) electrons. The molecule has 1 aliphatic heterocycles. The van der Waals surface area contributed by atoms with Crippen LogP contribution in [0.2, 0.25) is 0 Å². The average Bonchev–Trinajstić information content (AvgIpc) is 3.11. The monoisotopic (exact) mass is 433 g/mol. The number of ether oxygens (including phenoxy) is 1. The number of anilines is 1. The Balaban J connectivity index is 1.49. The summed E-state index contributed by atoms with van der Waals surface area (Å²) in [6, 6.07) is 9.83. The first kappa shape index (κ1) is 21.1. The third-order valence-electron chi connectivity index (χ3n) is 5.04. The molecule has 3 heterocycles. The van der Waals surface area contributed by atoms with Crippen LogP contribution >= 0.6 is 0 Å². The Morgan fingerprint density at radius 3 is 2.78 bits per heavy atom. The highest BCUT2D eigenvalue weighted by atomic mass is 19.1. The van der Waals surface area contributed by atoms with Crippen LogP contribution in [0.4, 0.5) is 10.2 Å². The van der Waals surface area contributed by atoms with Crippen LogP contribution in [0.25, 0.3) is 0 Å². The number of terminal acetylenes is 1. The molecule has 0 unspecified atom stereocenters. The fourth-order valence-electron chi connectivity index (χ4n) is 3.29. The second kappa shape index (κ2) is 8.51. The molecule has 2 aromatic heterocycles. The molecule has 1 atom stereocenters. The molecule has 1 aliphatic rings. The van der Waals surface area contributed by atoms with Gasteiger partial charge in [-0.05, 0) is 24.6 Å². The van der Waals surface area contributed by atoms with Gasteiger partial charge in [-0.3, -0.25) is 19.2 Å². The van der Waals surface area contributed by atoms with Crippen LogP contribution in [0.15, 0.2) is 42.6 Å². The first-order valence-electron chi connectivity index (χ1n) is 9.83. The number of pyridine rings is 1. The number of rotatable bonds is 4. The number of carbonyl (C=O) groups is 2. The Morgan fingerprint density at radius 1 is 1.31 bits per heavy atom. The van der Waals surface area contributed by atoms with Crippen molar-refractivity contribution in [2.75, 3.05) is 18.6 Å². The van der Waals surface area contributed by atoms with E-state index >= 15 is 0 Å². The molecule has 1 N–H and O–H groups in total. The highest BCUT2D eigenvalue weighted by molar-refractivity contribution is 6.02. The summed E-state index contributed by atoms with van der Waals surface area (Å²) >= 11 is 0. The number of carbonyl (C=O) groups excluding carboxylic acids is 2. The Morgan fingerprint density at radius 2 is 2.06 bits per heavy atom. The van der Waals surface area contributed by atoms with Crippen LogP contribution in [0.1, 0.15) is 27.3 Å². The molecule has 8 nitrogen and oxygen atoms in total. The molecule has 32 heavy (non-hydrogen) atoms. The number of halogens is 1. The standard InChI is InChI=1S/C23H20FN5O3/c1-4-16-9-10-19-21(25-16)28(3)23(31)18(13-32-19)26-22(30)20-17(24)12-29(27-20)11-15-7-5-14(2)6-8-15/h1,5-10,12,18H,11,13H2,2-3H3,(H,26,30)/t18-/m0/s1. The van der Waals surface area contributed by atoms with Gasteiger partial charge in [0.1, 0.15) is 18.3 Å². The molecule has 4 rings (SSSR count). The van der Waals surface area contributed by atoms with E-state index in [4.69, 9.17) is 11.2 Å². The Hall–Kier alpha value is -4.19. The van der Waals surface area contributed by atoms with Gasteiger partial charge < -0.3 is 10.1 Å². The number of nitrogens with one attached hydrogen (secondary N) is 1. The minimum Gasteiger partial charge on any atom is -0.487 e. The number of benzene rings is 1. The highest BCUT2D eigenvalue weighted by Crippen LogP contribution is 2.28. The molecule has 0 aliphatic carbocycles. The fourth-order valence-corrected chi connectivity index (χ4v) is 3.29. The van der Waals surface area contributed by atoms with Crippen molar-refractivity contribution in [3.63, 3.8) is 0 Å². The number of hydrogen-bond acceptors (Lipinski definition) is 5. The number of nitrogens with zero attached hydrogens (tertiary/aromatic N) is 4. The first-order valence-corrected chi connectivity index (χ1v) is 9.83. The number of fused-ring (bicyclic) bond motifs is 1. The van der Waals surface area contributed by atoms with Gasteiger partial charge in [0.05, 0.1) is 12.7 Å². The van der Waals surface area contributed by atoms with Gasteiger partial charge in [-0.2, -0.15) is 5.10 Å².